The molecule has 0 aromatic heterocycles. The van der Waals surface area contributed by atoms with Gasteiger partial charge in [0.1, 0.15) is 0 Å². The summed E-state index contributed by atoms with van der Waals surface area (Å²) in [5.41, 5.74) is -1.30. The van der Waals surface area contributed by atoms with E-state index >= 15 is 0 Å². The predicted molar refractivity (Wildman–Crippen MR) is 56.4 cm³/mol. The number of aromatic hydroxyl groups is 1. The van der Waals surface area contributed by atoms with Crippen molar-refractivity contribution in [2.75, 3.05) is 0 Å². The zero-order chi connectivity index (χ0) is 11.8. The fraction of sp³-hybridized carbons (Fsp3) is 0.300. The first-order valence-corrected chi connectivity index (χ1v) is 4.98. The molecule has 0 radical (unpaired) electrons. The minimum atomic E-state index is -1.34. The number of phenolic OH excluding ortho intramolecular Hbond substituents is 1. The minimum Gasteiger partial charge on any atom is -0.505 e. The summed E-state index contributed by atoms with van der Waals surface area (Å²) in [6.07, 6.45) is 0. The van der Waals surface area contributed by atoms with Gasteiger partial charge in [0.2, 0.25) is 0 Å². The molecule has 0 saturated carbocycles. The molecule has 5 heteroatoms. The fourth-order valence-electron chi connectivity index (χ4n) is 1.16. The number of rotatable bonds is 2. The van der Waals surface area contributed by atoms with Crippen LogP contribution in [-0.4, -0.2) is 16.2 Å². The number of carbonyl (C=O) groups is 1. The Labute approximate surface area is 94.7 Å². The van der Waals surface area contributed by atoms with E-state index in [2.05, 4.69) is 15.9 Å². The van der Waals surface area contributed by atoms with E-state index in [1.165, 1.54) is 19.9 Å². The Morgan fingerprint density at radius 1 is 1.47 bits per heavy atom. The van der Waals surface area contributed by atoms with Gasteiger partial charge in [-0.15, -0.1) is 0 Å². The third-order valence-electron chi connectivity index (χ3n) is 2.24. The molecule has 15 heavy (non-hydrogen) atoms. The second-order valence-corrected chi connectivity index (χ2v) is 4.63. The van der Waals surface area contributed by atoms with Crippen LogP contribution in [0.1, 0.15) is 19.4 Å². The van der Waals surface area contributed by atoms with Gasteiger partial charge in [0, 0.05) is 10.0 Å². The Hall–Kier alpha value is -1.10. The van der Waals surface area contributed by atoms with Crippen molar-refractivity contribution in [3.8, 4) is 5.75 Å². The highest BCUT2D eigenvalue weighted by Crippen LogP contribution is 2.35. The highest BCUT2D eigenvalue weighted by Gasteiger charge is 2.33. The standard InChI is InChI=1S/C10H10BrFO3/c1-10(2,9(14)15)6-3-5(11)4-7(12)8(6)13/h3-4,13H,1-2H3,(H,14,15). The van der Waals surface area contributed by atoms with Gasteiger partial charge in [-0.3, -0.25) is 4.79 Å². The van der Waals surface area contributed by atoms with E-state index in [-0.39, 0.29) is 5.56 Å². The Kier molecular flexibility index (Phi) is 3.04. The molecule has 0 fully saturated rings. The van der Waals surface area contributed by atoms with Gasteiger partial charge in [-0.25, -0.2) is 4.39 Å². The topological polar surface area (TPSA) is 57.5 Å². The van der Waals surface area contributed by atoms with Gasteiger partial charge in [0.15, 0.2) is 11.6 Å². The fourth-order valence-corrected chi connectivity index (χ4v) is 1.59. The number of halogens is 2. The van der Waals surface area contributed by atoms with Crippen molar-refractivity contribution in [1.82, 2.24) is 0 Å². The van der Waals surface area contributed by atoms with Crippen molar-refractivity contribution >= 4 is 21.9 Å². The molecular weight excluding hydrogens is 267 g/mol. The molecule has 0 spiro atoms. The number of benzene rings is 1. The molecule has 0 amide bonds. The maximum absolute atomic E-state index is 13.2. The largest absolute Gasteiger partial charge is 0.505 e. The second-order valence-electron chi connectivity index (χ2n) is 3.71. The molecule has 3 nitrogen and oxygen atoms in total. The SMILES string of the molecule is CC(C)(C(=O)O)c1cc(Br)cc(F)c1O. The number of hydrogen-bond donors (Lipinski definition) is 2. The lowest BCUT2D eigenvalue weighted by molar-refractivity contribution is -0.142. The Morgan fingerprint density at radius 2 is 2.00 bits per heavy atom. The molecular formula is C10H10BrFO3. The van der Waals surface area contributed by atoms with E-state index in [1.807, 2.05) is 0 Å². The normalized spacial score (nSPS) is 11.5. The van der Waals surface area contributed by atoms with Crippen LogP contribution in [0.5, 0.6) is 5.75 Å². The van der Waals surface area contributed by atoms with E-state index in [1.54, 1.807) is 0 Å². The van der Waals surface area contributed by atoms with Crippen LogP contribution in [0.15, 0.2) is 16.6 Å². The smallest absolute Gasteiger partial charge is 0.313 e. The lowest BCUT2D eigenvalue weighted by Crippen LogP contribution is -2.28. The van der Waals surface area contributed by atoms with Crippen molar-refractivity contribution in [1.29, 1.82) is 0 Å². The molecule has 1 aromatic rings. The summed E-state index contributed by atoms with van der Waals surface area (Å²) < 4.78 is 13.6. The van der Waals surface area contributed by atoms with Crippen LogP contribution in [0, 0.1) is 5.82 Å². The first-order valence-electron chi connectivity index (χ1n) is 4.18. The van der Waals surface area contributed by atoms with E-state index in [9.17, 15) is 14.3 Å². The van der Waals surface area contributed by atoms with Crippen molar-refractivity contribution in [2.24, 2.45) is 0 Å². The summed E-state index contributed by atoms with van der Waals surface area (Å²) in [6.45, 7) is 2.80. The zero-order valence-electron chi connectivity index (χ0n) is 8.21. The van der Waals surface area contributed by atoms with Gasteiger partial charge in [-0.2, -0.15) is 0 Å². The molecule has 2 N–H and O–H groups in total. The maximum Gasteiger partial charge on any atom is 0.313 e. The molecule has 0 unspecified atom stereocenters. The third kappa shape index (κ3) is 2.12. The Balaban J connectivity index is 3.43. The molecule has 1 rings (SSSR count). The summed E-state index contributed by atoms with van der Waals surface area (Å²) in [5, 5.41) is 18.4. The van der Waals surface area contributed by atoms with Crippen LogP contribution in [0.4, 0.5) is 4.39 Å². The van der Waals surface area contributed by atoms with Gasteiger partial charge < -0.3 is 10.2 Å². The molecule has 0 aliphatic heterocycles. The van der Waals surface area contributed by atoms with Crippen LogP contribution in [0.3, 0.4) is 0 Å². The second kappa shape index (κ2) is 3.81. The average Bonchev–Trinajstić information content (AvgIpc) is 2.10. The molecule has 0 aliphatic carbocycles. The average molecular weight is 277 g/mol. The molecule has 0 bridgehead atoms. The zero-order valence-corrected chi connectivity index (χ0v) is 9.80. The van der Waals surface area contributed by atoms with E-state index in [0.717, 1.165) is 6.07 Å². The monoisotopic (exact) mass is 276 g/mol. The van der Waals surface area contributed by atoms with Gasteiger partial charge in [0.05, 0.1) is 5.41 Å². The maximum atomic E-state index is 13.2. The lowest BCUT2D eigenvalue weighted by atomic mass is 9.84. The highest BCUT2D eigenvalue weighted by molar-refractivity contribution is 9.10. The van der Waals surface area contributed by atoms with Crippen molar-refractivity contribution < 1.29 is 19.4 Å². The van der Waals surface area contributed by atoms with E-state index in [4.69, 9.17) is 5.11 Å². The third-order valence-corrected chi connectivity index (χ3v) is 2.69. The Bertz CT molecular complexity index is 415. The molecule has 0 saturated heterocycles. The van der Waals surface area contributed by atoms with Crippen LogP contribution >= 0.6 is 15.9 Å². The molecule has 0 aliphatic rings. The van der Waals surface area contributed by atoms with Gasteiger partial charge in [-0.05, 0) is 26.0 Å². The van der Waals surface area contributed by atoms with Gasteiger partial charge >= 0.3 is 5.97 Å². The van der Waals surface area contributed by atoms with Gasteiger partial charge in [0.25, 0.3) is 0 Å². The number of aliphatic carboxylic acids is 1. The van der Waals surface area contributed by atoms with Gasteiger partial charge in [-0.1, -0.05) is 15.9 Å². The lowest BCUT2D eigenvalue weighted by Gasteiger charge is -2.21. The molecule has 0 atom stereocenters. The van der Waals surface area contributed by atoms with Crippen molar-refractivity contribution in [3.63, 3.8) is 0 Å². The predicted octanol–water partition coefficient (Wildman–Crippen LogP) is 2.66. The number of phenols is 1. The van der Waals surface area contributed by atoms with Crippen LogP contribution in [-0.2, 0) is 10.2 Å². The first kappa shape index (κ1) is 12.0. The number of hydrogen-bond acceptors (Lipinski definition) is 2. The first-order chi connectivity index (χ1) is 6.76. The van der Waals surface area contributed by atoms with Crippen LogP contribution in [0.2, 0.25) is 0 Å². The summed E-state index contributed by atoms with van der Waals surface area (Å²) >= 11 is 3.04. The Morgan fingerprint density at radius 3 is 2.47 bits per heavy atom. The number of carboxylic acid groups (broad SMARTS) is 1. The van der Waals surface area contributed by atoms with E-state index < -0.39 is 23.0 Å². The van der Waals surface area contributed by atoms with Crippen LogP contribution < -0.4 is 0 Å². The summed E-state index contributed by atoms with van der Waals surface area (Å²) in [6, 6.07) is 2.48. The summed E-state index contributed by atoms with van der Waals surface area (Å²) in [7, 11) is 0. The molecule has 82 valence electrons. The molecule has 0 heterocycles. The highest BCUT2D eigenvalue weighted by atomic mass is 79.9. The minimum absolute atomic E-state index is 0.0434. The number of carboxylic acids is 1. The summed E-state index contributed by atoms with van der Waals surface area (Å²) in [4.78, 5) is 10.9. The summed E-state index contributed by atoms with van der Waals surface area (Å²) in [5.74, 6) is -2.59. The van der Waals surface area contributed by atoms with Crippen molar-refractivity contribution in [2.45, 2.75) is 19.3 Å². The van der Waals surface area contributed by atoms with E-state index in [0.29, 0.717) is 4.47 Å². The molecule has 1 aromatic carbocycles. The van der Waals surface area contributed by atoms with Crippen molar-refractivity contribution in [3.05, 3.63) is 28.0 Å². The quantitative estimate of drug-likeness (QED) is 0.873. The van der Waals surface area contributed by atoms with Crippen LogP contribution in [0.25, 0.3) is 0 Å².